The Bertz CT molecular complexity index is 612. The molecule has 3 heterocycles. The number of rotatable bonds is 2. The number of nitrogens with zero attached hydrogens (tertiary/aromatic N) is 3. The van der Waals surface area contributed by atoms with Crippen molar-refractivity contribution in [2.24, 2.45) is 0 Å². The van der Waals surface area contributed by atoms with Crippen LogP contribution in [0.15, 0.2) is 51.0 Å². The Morgan fingerprint density at radius 1 is 0.857 bits per heavy atom. The van der Waals surface area contributed by atoms with Crippen LogP contribution in [-0.4, -0.2) is 15.0 Å². The summed E-state index contributed by atoms with van der Waals surface area (Å²) in [7, 11) is 0. The summed E-state index contributed by atoms with van der Waals surface area (Å²) in [5.74, 6) is 2.62. The van der Waals surface area contributed by atoms with Gasteiger partial charge >= 0.3 is 0 Å². The molecule has 3 aromatic heterocycles. The summed E-state index contributed by atoms with van der Waals surface area (Å²) < 4.78 is 14.8. The lowest BCUT2D eigenvalue weighted by Gasteiger charge is -2.12. The van der Waals surface area contributed by atoms with Crippen molar-refractivity contribution in [3.05, 3.63) is 55.1 Å². The minimum atomic E-state index is 0. The van der Waals surface area contributed by atoms with Gasteiger partial charge in [0.1, 0.15) is 18.3 Å². The van der Waals surface area contributed by atoms with Crippen molar-refractivity contribution in [2.75, 3.05) is 0 Å². The van der Waals surface area contributed by atoms with Gasteiger partial charge in [0.2, 0.25) is 0 Å². The lowest BCUT2D eigenvalue weighted by Crippen LogP contribution is -2.10. The summed E-state index contributed by atoms with van der Waals surface area (Å²) in [6, 6.07) is 0. The molecule has 0 aliphatic rings. The number of oxazole rings is 3. The molecule has 0 amide bonds. The second kappa shape index (κ2) is 14.7. The Kier molecular flexibility index (Phi) is 15.9. The standard InChI is InChI=1S/C7H11NO.2C6H9NO.3CH4/c1-7(2,3)6-4-9-5-8-6;1-5(2)6-3-7-4-8-6;1-5(2)6-7-3-4-8-6;;;/h4-5H,1-3H3;2*3-5H,1-2H3;3*1H4. The molecule has 0 saturated carbocycles. The van der Waals surface area contributed by atoms with Gasteiger partial charge in [-0.3, -0.25) is 0 Å². The quantitative estimate of drug-likeness (QED) is 0.447. The number of aromatic nitrogens is 3. The maximum atomic E-state index is 4.98. The molecule has 0 N–H and O–H groups in total. The lowest BCUT2D eigenvalue weighted by molar-refractivity contribution is 0.471. The lowest BCUT2D eigenvalue weighted by atomic mass is 9.93. The Morgan fingerprint density at radius 2 is 1.50 bits per heavy atom. The van der Waals surface area contributed by atoms with Gasteiger partial charge in [0, 0.05) is 17.3 Å². The van der Waals surface area contributed by atoms with Crippen LogP contribution in [0.2, 0.25) is 0 Å². The molecule has 0 atom stereocenters. The van der Waals surface area contributed by atoms with Crippen LogP contribution in [0, 0.1) is 0 Å². The van der Waals surface area contributed by atoms with Crippen molar-refractivity contribution in [1.29, 1.82) is 0 Å². The molecule has 3 aromatic rings. The highest BCUT2D eigenvalue weighted by Crippen LogP contribution is 2.18. The molecule has 0 radical (unpaired) electrons. The second-order valence-electron chi connectivity index (χ2n) is 7.21. The average Bonchev–Trinajstić information content (AvgIpc) is 3.28. The topological polar surface area (TPSA) is 78.1 Å². The van der Waals surface area contributed by atoms with Crippen LogP contribution in [-0.2, 0) is 5.41 Å². The Morgan fingerprint density at radius 3 is 1.71 bits per heavy atom. The van der Waals surface area contributed by atoms with Crippen LogP contribution >= 0.6 is 0 Å². The van der Waals surface area contributed by atoms with E-state index >= 15 is 0 Å². The van der Waals surface area contributed by atoms with Crippen LogP contribution in [0.25, 0.3) is 0 Å². The first-order valence-corrected chi connectivity index (χ1v) is 8.38. The van der Waals surface area contributed by atoms with Crippen LogP contribution in [0.4, 0.5) is 0 Å². The van der Waals surface area contributed by atoms with Crippen LogP contribution in [0.3, 0.4) is 0 Å². The fourth-order valence-electron chi connectivity index (χ4n) is 1.61. The molecular formula is C22H41N3O3. The Balaban J connectivity index is -0.000000318. The molecule has 0 unspecified atom stereocenters. The molecular weight excluding hydrogens is 354 g/mol. The molecule has 0 aromatic carbocycles. The van der Waals surface area contributed by atoms with Gasteiger partial charge in [0.25, 0.3) is 0 Å². The van der Waals surface area contributed by atoms with Gasteiger partial charge < -0.3 is 13.3 Å². The smallest absolute Gasteiger partial charge is 0.196 e. The minimum absolute atomic E-state index is 0. The summed E-state index contributed by atoms with van der Waals surface area (Å²) in [6.45, 7) is 14.5. The van der Waals surface area contributed by atoms with E-state index in [0.29, 0.717) is 11.8 Å². The van der Waals surface area contributed by atoms with Crippen molar-refractivity contribution < 1.29 is 13.3 Å². The zero-order chi connectivity index (χ0) is 18.9. The molecule has 162 valence electrons. The van der Waals surface area contributed by atoms with E-state index in [1.54, 1.807) is 24.9 Å². The largest absolute Gasteiger partial charge is 0.451 e. The van der Waals surface area contributed by atoms with Gasteiger partial charge in [-0.2, -0.15) is 0 Å². The third kappa shape index (κ3) is 11.4. The van der Waals surface area contributed by atoms with E-state index in [1.807, 2.05) is 13.8 Å². The first kappa shape index (κ1) is 30.4. The third-order valence-corrected chi connectivity index (χ3v) is 3.17. The van der Waals surface area contributed by atoms with Gasteiger partial charge in [-0.25, -0.2) is 15.0 Å². The SMILES string of the molecule is C.C.C.CC(C)(C)c1cocn1.CC(C)c1cnco1.CC(C)c1ncco1. The predicted octanol–water partition coefficient (Wildman–Crippen LogP) is 7.48. The van der Waals surface area contributed by atoms with E-state index in [1.165, 1.54) is 12.8 Å². The zero-order valence-corrected chi connectivity index (χ0v) is 16.2. The minimum Gasteiger partial charge on any atom is -0.451 e. The van der Waals surface area contributed by atoms with Crippen molar-refractivity contribution in [3.63, 3.8) is 0 Å². The number of hydrogen-bond acceptors (Lipinski definition) is 6. The predicted molar refractivity (Wildman–Crippen MR) is 117 cm³/mol. The number of hydrogen-bond donors (Lipinski definition) is 0. The first-order valence-electron chi connectivity index (χ1n) is 8.38. The molecule has 28 heavy (non-hydrogen) atoms. The van der Waals surface area contributed by atoms with Crippen LogP contribution < -0.4 is 0 Å². The summed E-state index contributed by atoms with van der Waals surface area (Å²) >= 11 is 0. The van der Waals surface area contributed by atoms with E-state index in [-0.39, 0.29) is 27.7 Å². The van der Waals surface area contributed by atoms with Crippen molar-refractivity contribution >= 4 is 0 Å². The van der Waals surface area contributed by atoms with Gasteiger partial charge in [-0.15, -0.1) is 0 Å². The molecule has 6 nitrogen and oxygen atoms in total. The molecule has 0 spiro atoms. The molecule has 0 aliphatic carbocycles. The van der Waals surface area contributed by atoms with Crippen molar-refractivity contribution in [1.82, 2.24) is 15.0 Å². The monoisotopic (exact) mass is 395 g/mol. The summed E-state index contributed by atoms with van der Waals surface area (Å²) in [5.41, 5.74) is 1.12. The first-order chi connectivity index (χ1) is 11.7. The summed E-state index contributed by atoms with van der Waals surface area (Å²) in [5, 5.41) is 0. The van der Waals surface area contributed by atoms with E-state index in [0.717, 1.165) is 17.3 Å². The molecule has 6 heteroatoms. The van der Waals surface area contributed by atoms with Crippen LogP contribution in [0.5, 0.6) is 0 Å². The van der Waals surface area contributed by atoms with Crippen LogP contribution in [0.1, 0.15) is 99.9 Å². The van der Waals surface area contributed by atoms with Crippen molar-refractivity contribution in [3.8, 4) is 0 Å². The van der Waals surface area contributed by atoms with E-state index < -0.39 is 0 Å². The summed E-state index contributed by atoms with van der Waals surface area (Å²) in [6.07, 6.45) is 9.59. The highest BCUT2D eigenvalue weighted by Gasteiger charge is 2.15. The highest BCUT2D eigenvalue weighted by atomic mass is 16.3. The van der Waals surface area contributed by atoms with Gasteiger partial charge in [-0.1, -0.05) is 70.7 Å². The molecule has 3 rings (SSSR count). The van der Waals surface area contributed by atoms with E-state index in [4.69, 9.17) is 13.3 Å². The fraction of sp³-hybridized carbons (Fsp3) is 0.591. The third-order valence-electron chi connectivity index (χ3n) is 3.17. The zero-order valence-electron chi connectivity index (χ0n) is 16.2. The average molecular weight is 396 g/mol. The molecule has 0 aliphatic heterocycles. The van der Waals surface area contributed by atoms with Gasteiger partial charge in [-0.05, 0) is 0 Å². The normalized spacial score (nSPS) is 9.75. The van der Waals surface area contributed by atoms with Crippen molar-refractivity contribution in [2.45, 2.75) is 88.0 Å². The summed E-state index contributed by atoms with van der Waals surface area (Å²) in [4.78, 5) is 11.7. The maximum absolute atomic E-state index is 4.98. The van der Waals surface area contributed by atoms with Gasteiger partial charge in [0.15, 0.2) is 18.7 Å². The molecule has 0 saturated heterocycles. The maximum Gasteiger partial charge on any atom is 0.196 e. The Labute approximate surface area is 171 Å². The Hall–Kier alpha value is -2.37. The highest BCUT2D eigenvalue weighted by molar-refractivity contribution is 5.05. The fourth-order valence-corrected chi connectivity index (χ4v) is 1.61. The second-order valence-corrected chi connectivity index (χ2v) is 7.21. The van der Waals surface area contributed by atoms with E-state index in [9.17, 15) is 0 Å². The molecule has 0 fully saturated rings. The van der Waals surface area contributed by atoms with E-state index in [2.05, 4.69) is 49.6 Å². The molecule has 0 bridgehead atoms. The van der Waals surface area contributed by atoms with Gasteiger partial charge in [0.05, 0.1) is 18.1 Å².